The molecule has 0 bridgehead atoms. The van der Waals surface area contributed by atoms with Gasteiger partial charge in [-0.25, -0.2) is 9.37 Å². The predicted molar refractivity (Wildman–Crippen MR) is 89.4 cm³/mol. The van der Waals surface area contributed by atoms with E-state index < -0.39 is 11.8 Å². The summed E-state index contributed by atoms with van der Waals surface area (Å²) in [6, 6.07) is 11.5. The fraction of sp³-hybridized carbons (Fsp3) is 0.211. The highest BCUT2D eigenvalue weighted by Gasteiger charge is 2.12. The van der Waals surface area contributed by atoms with Crippen molar-refractivity contribution < 1.29 is 18.3 Å². The molecule has 3 rings (SSSR count). The third kappa shape index (κ3) is 3.15. The van der Waals surface area contributed by atoms with Crippen LogP contribution in [0.3, 0.4) is 0 Å². The second kappa shape index (κ2) is 6.43. The van der Waals surface area contributed by atoms with Crippen LogP contribution in [0, 0.1) is 11.8 Å². The summed E-state index contributed by atoms with van der Waals surface area (Å²) in [5.74, 6) is -0.529. The Hall–Kier alpha value is -2.69. The van der Waals surface area contributed by atoms with Crippen molar-refractivity contribution in [3.63, 3.8) is 0 Å². The number of hydrogen-bond acceptors (Lipinski definition) is 3. The molecule has 3 nitrogen and oxygen atoms in total. The van der Waals surface area contributed by atoms with E-state index in [1.54, 1.807) is 6.07 Å². The lowest BCUT2D eigenvalue weighted by Crippen LogP contribution is -2.05. The number of rotatable bonds is 4. The highest BCUT2D eigenvalue weighted by Crippen LogP contribution is 2.30. The molecule has 1 aromatic heterocycles. The van der Waals surface area contributed by atoms with Crippen molar-refractivity contribution in [3.05, 3.63) is 54.2 Å². The fourth-order valence-corrected chi connectivity index (χ4v) is 2.49. The molecule has 1 heterocycles. The molecule has 0 amide bonds. The molecule has 24 heavy (non-hydrogen) atoms. The van der Waals surface area contributed by atoms with E-state index in [-0.39, 0.29) is 17.2 Å². The molecule has 0 saturated carbocycles. The van der Waals surface area contributed by atoms with E-state index >= 15 is 0 Å². The summed E-state index contributed by atoms with van der Waals surface area (Å²) < 4.78 is 38.5. The van der Waals surface area contributed by atoms with Gasteiger partial charge >= 0.3 is 0 Å². The average molecular weight is 329 g/mol. The van der Waals surface area contributed by atoms with Crippen molar-refractivity contribution in [2.75, 3.05) is 7.11 Å². The zero-order valence-corrected chi connectivity index (χ0v) is 13.6. The summed E-state index contributed by atoms with van der Waals surface area (Å²) in [4.78, 5) is 3.94. The van der Waals surface area contributed by atoms with Gasteiger partial charge in [-0.1, -0.05) is 0 Å². The van der Waals surface area contributed by atoms with Gasteiger partial charge in [0.2, 0.25) is 5.95 Å². The molecule has 2 aromatic carbocycles. The Kier molecular flexibility index (Phi) is 4.34. The van der Waals surface area contributed by atoms with E-state index in [1.165, 1.54) is 13.2 Å². The van der Waals surface area contributed by atoms with Crippen LogP contribution in [0.15, 0.2) is 42.5 Å². The zero-order valence-electron chi connectivity index (χ0n) is 13.6. The summed E-state index contributed by atoms with van der Waals surface area (Å²) in [5.41, 5.74) is 1.21. The van der Waals surface area contributed by atoms with Gasteiger partial charge in [-0.05, 0) is 61.7 Å². The number of methoxy groups -OCH3 is 1. The maximum absolute atomic E-state index is 14.3. The van der Waals surface area contributed by atoms with Crippen LogP contribution in [0.2, 0.25) is 0 Å². The van der Waals surface area contributed by atoms with E-state index in [9.17, 15) is 8.78 Å². The lowest BCUT2D eigenvalue weighted by molar-refractivity contribution is 0.242. The van der Waals surface area contributed by atoms with Gasteiger partial charge in [0.1, 0.15) is 5.75 Å². The highest BCUT2D eigenvalue weighted by molar-refractivity contribution is 5.87. The molecule has 0 spiro atoms. The molecule has 124 valence electrons. The summed E-state index contributed by atoms with van der Waals surface area (Å²) in [6.07, 6.45) is 0.0782. The average Bonchev–Trinajstić information content (AvgIpc) is 2.55. The number of benzene rings is 2. The van der Waals surface area contributed by atoms with Crippen LogP contribution < -0.4 is 9.47 Å². The maximum atomic E-state index is 14.3. The van der Waals surface area contributed by atoms with Gasteiger partial charge in [0.05, 0.1) is 18.9 Å². The lowest BCUT2D eigenvalue weighted by Gasteiger charge is -2.11. The molecule has 0 aliphatic heterocycles. The Balaban J connectivity index is 2.05. The van der Waals surface area contributed by atoms with Gasteiger partial charge in [0, 0.05) is 10.9 Å². The van der Waals surface area contributed by atoms with Gasteiger partial charge in [-0.3, -0.25) is 0 Å². The number of ether oxygens (including phenoxy) is 2. The van der Waals surface area contributed by atoms with Gasteiger partial charge in [0.25, 0.3) is 0 Å². The number of pyridine rings is 1. The number of halogens is 2. The smallest absolute Gasteiger partial charge is 0.221 e. The van der Waals surface area contributed by atoms with Crippen molar-refractivity contribution >= 4 is 10.8 Å². The van der Waals surface area contributed by atoms with Gasteiger partial charge in [-0.15, -0.1) is 0 Å². The van der Waals surface area contributed by atoms with Crippen molar-refractivity contribution in [2.24, 2.45) is 0 Å². The van der Waals surface area contributed by atoms with Crippen LogP contribution in [0.4, 0.5) is 8.78 Å². The first-order chi connectivity index (χ1) is 11.5. The molecule has 0 saturated heterocycles. The number of hydrogen-bond donors (Lipinski definition) is 0. The van der Waals surface area contributed by atoms with Gasteiger partial charge < -0.3 is 9.47 Å². The van der Waals surface area contributed by atoms with Crippen LogP contribution >= 0.6 is 0 Å². The molecule has 0 N–H and O–H groups in total. The van der Waals surface area contributed by atoms with Crippen LogP contribution in [0.5, 0.6) is 11.5 Å². The molecular weight excluding hydrogens is 312 g/mol. The van der Waals surface area contributed by atoms with Crippen molar-refractivity contribution in [3.8, 4) is 22.8 Å². The van der Waals surface area contributed by atoms with Crippen LogP contribution in [-0.4, -0.2) is 18.2 Å². The third-order valence-corrected chi connectivity index (χ3v) is 3.58. The monoisotopic (exact) mass is 329 g/mol. The second-order valence-electron chi connectivity index (χ2n) is 5.70. The van der Waals surface area contributed by atoms with E-state index in [0.717, 1.165) is 17.4 Å². The molecule has 5 heteroatoms. The predicted octanol–water partition coefficient (Wildman–Crippen LogP) is 4.98. The SMILES string of the molecule is COc1cc2cc(-c3ccc(OC(C)C)cc3)nc(F)c2cc1F. The van der Waals surface area contributed by atoms with Gasteiger partial charge in [0.15, 0.2) is 11.6 Å². The first-order valence-electron chi connectivity index (χ1n) is 7.59. The minimum atomic E-state index is -0.716. The molecule has 0 aliphatic carbocycles. The van der Waals surface area contributed by atoms with Crippen LogP contribution in [0.1, 0.15) is 13.8 Å². The Labute approximate surface area is 138 Å². The van der Waals surface area contributed by atoms with Crippen molar-refractivity contribution in [1.82, 2.24) is 4.98 Å². The van der Waals surface area contributed by atoms with Crippen LogP contribution in [0.25, 0.3) is 22.0 Å². The normalized spacial score (nSPS) is 11.1. The Morgan fingerprint density at radius 2 is 1.71 bits per heavy atom. The largest absolute Gasteiger partial charge is 0.494 e. The standard InChI is InChI=1S/C19H17F2NO2/c1-11(2)24-14-6-4-12(5-7-14)17-8-13-9-18(23-3)16(20)10-15(13)19(21)22-17/h4-11H,1-3H3. The van der Waals surface area contributed by atoms with E-state index in [2.05, 4.69) is 4.98 Å². The summed E-state index contributed by atoms with van der Waals surface area (Å²) >= 11 is 0. The Bertz CT molecular complexity index is 877. The first kappa shape index (κ1) is 16.2. The minimum absolute atomic E-state index is 0.0692. The third-order valence-electron chi connectivity index (χ3n) is 3.58. The Morgan fingerprint density at radius 1 is 1.00 bits per heavy atom. The summed E-state index contributed by atoms with van der Waals surface area (Å²) in [5, 5.41) is 0.648. The molecular formula is C19H17F2NO2. The zero-order chi connectivity index (χ0) is 17.3. The van der Waals surface area contributed by atoms with Gasteiger partial charge in [-0.2, -0.15) is 4.39 Å². The molecule has 0 aliphatic rings. The number of nitrogens with zero attached hydrogens (tertiary/aromatic N) is 1. The topological polar surface area (TPSA) is 31.4 Å². The fourth-order valence-electron chi connectivity index (χ4n) is 2.49. The molecule has 0 fully saturated rings. The quantitative estimate of drug-likeness (QED) is 0.633. The summed E-state index contributed by atoms with van der Waals surface area (Å²) in [7, 11) is 1.37. The maximum Gasteiger partial charge on any atom is 0.221 e. The van der Waals surface area contributed by atoms with E-state index in [1.807, 2.05) is 38.1 Å². The Morgan fingerprint density at radius 3 is 2.33 bits per heavy atom. The number of fused-ring (bicyclic) bond motifs is 1. The molecule has 0 atom stereocenters. The van der Waals surface area contributed by atoms with E-state index in [4.69, 9.17) is 9.47 Å². The van der Waals surface area contributed by atoms with Crippen LogP contribution in [-0.2, 0) is 0 Å². The molecule has 0 unspecified atom stereocenters. The summed E-state index contributed by atoms with van der Waals surface area (Å²) in [6.45, 7) is 3.89. The first-order valence-corrected chi connectivity index (χ1v) is 7.59. The highest BCUT2D eigenvalue weighted by atomic mass is 19.1. The molecule has 3 aromatic rings. The molecule has 0 radical (unpaired) electrons. The lowest BCUT2D eigenvalue weighted by atomic mass is 10.1. The number of aromatic nitrogens is 1. The second-order valence-corrected chi connectivity index (χ2v) is 5.70. The minimum Gasteiger partial charge on any atom is -0.494 e. The van der Waals surface area contributed by atoms with Crippen molar-refractivity contribution in [1.29, 1.82) is 0 Å². The van der Waals surface area contributed by atoms with Crippen molar-refractivity contribution in [2.45, 2.75) is 20.0 Å². The van der Waals surface area contributed by atoms with E-state index in [0.29, 0.717) is 11.1 Å².